The summed E-state index contributed by atoms with van der Waals surface area (Å²) in [6.45, 7) is 4.32. The lowest BCUT2D eigenvalue weighted by Crippen LogP contribution is -2.53. The summed E-state index contributed by atoms with van der Waals surface area (Å²) in [5.41, 5.74) is 7.49. The van der Waals surface area contributed by atoms with Gasteiger partial charge in [-0.2, -0.15) is 0 Å². The molecule has 0 aromatic carbocycles. The number of hydrogen-bond acceptors (Lipinski definition) is 3. The van der Waals surface area contributed by atoms with Crippen molar-refractivity contribution in [3.8, 4) is 0 Å². The van der Waals surface area contributed by atoms with Crippen LogP contribution in [0, 0.1) is 12.8 Å². The second kappa shape index (κ2) is 4.45. The van der Waals surface area contributed by atoms with Crippen LogP contribution in [-0.4, -0.2) is 16.4 Å². The van der Waals surface area contributed by atoms with Crippen LogP contribution < -0.4 is 11.1 Å². The molecule has 0 radical (unpaired) electrons. The molecule has 0 saturated heterocycles. The predicted octanol–water partition coefficient (Wildman–Crippen LogP) is 1.13. The number of aromatic nitrogens is 1. The average Bonchev–Trinajstić information content (AvgIpc) is 3.11. The van der Waals surface area contributed by atoms with Crippen molar-refractivity contribution in [2.45, 2.75) is 38.8 Å². The normalized spacial score (nSPS) is 18.5. The highest BCUT2D eigenvalue weighted by Gasteiger charge is 2.43. The molecule has 1 aromatic rings. The molecule has 0 spiro atoms. The van der Waals surface area contributed by atoms with Crippen molar-refractivity contribution in [3.63, 3.8) is 0 Å². The number of nitrogens with zero attached hydrogens (tertiary/aromatic N) is 1. The van der Waals surface area contributed by atoms with Crippen molar-refractivity contribution in [3.05, 3.63) is 29.6 Å². The van der Waals surface area contributed by atoms with Gasteiger partial charge in [-0.15, -0.1) is 0 Å². The summed E-state index contributed by atoms with van der Waals surface area (Å²) in [4.78, 5) is 16.0. The number of hydrogen-bond donors (Lipinski definition) is 2. The van der Waals surface area contributed by atoms with Crippen LogP contribution in [0.4, 0.5) is 0 Å². The summed E-state index contributed by atoms with van der Waals surface area (Å²) in [6, 6.07) is 1.92. The average molecular weight is 233 g/mol. The Labute approximate surface area is 102 Å². The molecule has 3 N–H and O–H groups in total. The minimum atomic E-state index is -0.721. The molecule has 1 saturated carbocycles. The molecular formula is C13H19N3O. The van der Waals surface area contributed by atoms with Crippen LogP contribution in [0.25, 0.3) is 0 Å². The molecule has 1 unspecified atom stereocenters. The molecule has 1 aliphatic carbocycles. The zero-order chi connectivity index (χ0) is 12.5. The first kappa shape index (κ1) is 12.0. The maximum atomic E-state index is 12.0. The lowest BCUT2D eigenvalue weighted by atomic mass is 9.96. The molecule has 4 nitrogen and oxygen atoms in total. The topological polar surface area (TPSA) is 68.0 Å². The second-order valence-corrected chi connectivity index (χ2v) is 5.04. The Morgan fingerprint density at radius 3 is 2.94 bits per heavy atom. The van der Waals surface area contributed by atoms with Crippen LogP contribution >= 0.6 is 0 Å². The summed E-state index contributed by atoms with van der Waals surface area (Å²) in [5.74, 6) is 0.289. The molecule has 1 aliphatic rings. The van der Waals surface area contributed by atoms with Crippen molar-refractivity contribution in [2.24, 2.45) is 11.7 Å². The minimum Gasteiger partial charge on any atom is -0.350 e. The first-order valence-electron chi connectivity index (χ1n) is 5.98. The molecule has 1 fully saturated rings. The third kappa shape index (κ3) is 2.64. The molecule has 0 aliphatic heterocycles. The van der Waals surface area contributed by atoms with Crippen molar-refractivity contribution < 1.29 is 4.79 Å². The van der Waals surface area contributed by atoms with Gasteiger partial charge in [0.25, 0.3) is 0 Å². The Bertz CT molecular complexity index is 424. The summed E-state index contributed by atoms with van der Waals surface area (Å²) >= 11 is 0. The number of carbonyl (C=O) groups excluding carboxylic acids is 1. The fourth-order valence-electron chi connectivity index (χ4n) is 1.93. The summed E-state index contributed by atoms with van der Waals surface area (Å²) in [5, 5.41) is 2.91. The molecule has 1 amide bonds. The molecule has 2 rings (SSSR count). The van der Waals surface area contributed by atoms with E-state index in [0.717, 1.165) is 24.0 Å². The number of pyridine rings is 1. The van der Waals surface area contributed by atoms with Crippen molar-refractivity contribution in [1.82, 2.24) is 10.3 Å². The Kier molecular flexibility index (Phi) is 3.15. The van der Waals surface area contributed by atoms with E-state index < -0.39 is 5.54 Å². The SMILES string of the molecule is Cc1cnccc1CNC(=O)C(C)(N)C1CC1. The van der Waals surface area contributed by atoms with Crippen molar-refractivity contribution in [1.29, 1.82) is 0 Å². The monoisotopic (exact) mass is 233 g/mol. The zero-order valence-electron chi connectivity index (χ0n) is 10.4. The van der Waals surface area contributed by atoms with E-state index in [1.165, 1.54) is 0 Å². The second-order valence-electron chi connectivity index (χ2n) is 5.04. The highest BCUT2D eigenvalue weighted by molar-refractivity contribution is 5.86. The van der Waals surface area contributed by atoms with E-state index in [9.17, 15) is 4.79 Å². The van der Waals surface area contributed by atoms with Gasteiger partial charge in [0, 0.05) is 18.9 Å². The number of rotatable bonds is 4. The number of nitrogens with one attached hydrogen (secondary N) is 1. The summed E-state index contributed by atoms with van der Waals surface area (Å²) < 4.78 is 0. The Hall–Kier alpha value is -1.42. The third-order valence-electron chi connectivity index (χ3n) is 3.49. The maximum Gasteiger partial charge on any atom is 0.240 e. The van der Waals surface area contributed by atoms with Crippen molar-refractivity contribution in [2.75, 3.05) is 0 Å². The van der Waals surface area contributed by atoms with E-state index in [4.69, 9.17) is 5.73 Å². The zero-order valence-corrected chi connectivity index (χ0v) is 10.4. The number of amides is 1. The van der Waals surface area contributed by atoms with Gasteiger partial charge in [-0.25, -0.2) is 0 Å². The first-order valence-corrected chi connectivity index (χ1v) is 5.98. The highest BCUT2D eigenvalue weighted by atomic mass is 16.2. The number of nitrogens with two attached hydrogens (primary N) is 1. The molecule has 1 atom stereocenters. The third-order valence-corrected chi connectivity index (χ3v) is 3.49. The molecular weight excluding hydrogens is 214 g/mol. The first-order chi connectivity index (χ1) is 8.01. The summed E-state index contributed by atoms with van der Waals surface area (Å²) in [7, 11) is 0. The van der Waals surface area contributed by atoms with Crippen LogP contribution in [0.2, 0.25) is 0 Å². The van der Waals surface area contributed by atoms with Gasteiger partial charge in [-0.05, 0) is 49.8 Å². The Morgan fingerprint density at radius 1 is 1.65 bits per heavy atom. The number of carbonyl (C=O) groups is 1. The standard InChI is InChI=1S/C13H19N3O/c1-9-7-15-6-5-10(9)8-16-12(17)13(2,14)11-3-4-11/h5-7,11H,3-4,8,14H2,1-2H3,(H,16,17). The quantitative estimate of drug-likeness (QED) is 0.819. The lowest BCUT2D eigenvalue weighted by Gasteiger charge is -2.23. The highest BCUT2D eigenvalue weighted by Crippen LogP contribution is 2.38. The van der Waals surface area contributed by atoms with Gasteiger partial charge in [0.1, 0.15) is 0 Å². The molecule has 17 heavy (non-hydrogen) atoms. The Morgan fingerprint density at radius 2 is 2.35 bits per heavy atom. The van der Waals surface area contributed by atoms with Crippen LogP contribution in [-0.2, 0) is 11.3 Å². The minimum absolute atomic E-state index is 0.0591. The van der Waals surface area contributed by atoms with E-state index in [-0.39, 0.29) is 5.91 Å². The van der Waals surface area contributed by atoms with E-state index >= 15 is 0 Å². The maximum absolute atomic E-state index is 12.0. The van der Waals surface area contributed by atoms with E-state index in [2.05, 4.69) is 10.3 Å². The van der Waals surface area contributed by atoms with Gasteiger partial charge in [-0.1, -0.05) is 0 Å². The van der Waals surface area contributed by atoms with Crippen LogP contribution in [0.5, 0.6) is 0 Å². The number of aryl methyl sites for hydroxylation is 1. The fourth-order valence-corrected chi connectivity index (χ4v) is 1.93. The van der Waals surface area contributed by atoms with Gasteiger partial charge in [0.15, 0.2) is 0 Å². The van der Waals surface area contributed by atoms with E-state index in [1.54, 1.807) is 12.4 Å². The van der Waals surface area contributed by atoms with Crippen LogP contribution in [0.15, 0.2) is 18.5 Å². The van der Waals surface area contributed by atoms with Gasteiger partial charge in [-0.3, -0.25) is 9.78 Å². The largest absolute Gasteiger partial charge is 0.350 e. The van der Waals surface area contributed by atoms with E-state index in [1.807, 2.05) is 19.9 Å². The summed E-state index contributed by atoms with van der Waals surface area (Å²) in [6.07, 6.45) is 5.66. The smallest absolute Gasteiger partial charge is 0.240 e. The molecule has 1 aromatic heterocycles. The molecule has 92 valence electrons. The molecule has 1 heterocycles. The molecule has 0 bridgehead atoms. The van der Waals surface area contributed by atoms with Gasteiger partial charge in [0.05, 0.1) is 5.54 Å². The van der Waals surface area contributed by atoms with Gasteiger partial charge >= 0.3 is 0 Å². The predicted molar refractivity (Wildman–Crippen MR) is 66.1 cm³/mol. The Balaban J connectivity index is 1.94. The van der Waals surface area contributed by atoms with E-state index in [0.29, 0.717) is 12.5 Å². The van der Waals surface area contributed by atoms with Crippen molar-refractivity contribution >= 4 is 5.91 Å². The van der Waals surface area contributed by atoms with Gasteiger partial charge < -0.3 is 11.1 Å². The van der Waals surface area contributed by atoms with Crippen LogP contribution in [0.1, 0.15) is 30.9 Å². The molecule has 4 heteroatoms. The van der Waals surface area contributed by atoms with Gasteiger partial charge in [0.2, 0.25) is 5.91 Å². The fraction of sp³-hybridized carbons (Fsp3) is 0.538. The van der Waals surface area contributed by atoms with Crippen LogP contribution in [0.3, 0.4) is 0 Å². The lowest BCUT2D eigenvalue weighted by molar-refractivity contribution is -0.126.